The molecule has 0 saturated carbocycles. The van der Waals surface area contributed by atoms with Crippen LogP contribution in [0.4, 0.5) is 0 Å². The Labute approximate surface area is 67.3 Å². The number of azide groups is 1. The summed E-state index contributed by atoms with van der Waals surface area (Å²) < 4.78 is 0. The zero-order valence-electron chi connectivity index (χ0n) is 5.94. The Hall–Kier alpha value is -1.04. The summed E-state index contributed by atoms with van der Waals surface area (Å²) in [4.78, 5) is 2.67. The lowest BCUT2D eigenvalue weighted by atomic mass is 10.2. The third-order valence-electron chi connectivity index (χ3n) is 1.30. The minimum atomic E-state index is 0.432. The highest BCUT2D eigenvalue weighted by Crippen LogP contribution is 2.00. The summed E-state index contributed by atoms with van der Waals surface area (Å²) in [6.07, 6.45) is 0. The van der Waals surface area contributed by atoms with Gasteiger partial charge < -0.3 is 0 Å². The maximum Gasteiger partial charge on any atom is 0.0510 e. The molecule has 56 valence electrons. The standard InChI is InChI=1S/C7H8N3P/c8-10-9-5-6-1-3-7(11)4-2-6/h1-4H,5,11H2. The van der Waals surface area contributed by atoms with Crippen LogP contribution in [0.5, 0.6) is 0 Å². The van der Waals surface area contributed by atoms with E-state index in [2.05, 4.69) is 19.3 Å². The summed E-state index contributed by atoms with van der Waals surface area (Å²) in [5.41, 5.74) is 9.07. The molecular formula is C7H8N3P. The molecule has 4 heteroatoms. The van der Waals surface area contributed by atoms with Gasteiger partial charge in [0.2, 0.25) is 0 Å². The van der Waals surface area contributed by atoms with Crippen LogP contribution in [0.3, 0.4) is 0 Å². The Kier molecular flexibility index (Phi) is 2.91. The molecule has 0 fully saturated rings. The Morgan fingerprint density at radius 1 is 1.36 bits per heavy atom. The number of rotatable bonds is 2. The van der Waals surface area contributed by atoms with Crippen molar-refractivity contribution in [2.75, 3.05) is 0 Å². The predicted molar refractivity (Wildman–Crippen MR) is 48.6 cm³/mol. The quantitative estimate of drug-likeness (QED) is 0.278. The van der Waals surface area contributed by atoms with Crippen LogP contribution in [0.15, 0.2) is 29.4 Å². The van der Waals surface area contributed by atoms with Crippen molar-refractivity contribution in [1.82, 2.24) is 0 Å². The van der Waals surface area contributed by atoms with Gasteiger partial charge in [-0.15, -0.1) is 9.24 Å². The normalized spacial score (nSPS) is 8.82. The molecule has 0 amide bonds. The zero-order chi connectivity index (χ0) is 8.10. The van der Waals surface area contributed by atoms with Crippen LogP contribution in [0, 0.1) is 0 Å². The van der Waals surface area contributed by atoms with Gasteiger partial charge in [-0.2, -0.15) is 0 Å². The van der Waals surface area contributed by atoms with E-state index < -0.39 is 0 Å². The first-order valence-electron chi connectivity index (χ1n) is 3.18. The van der Waals surface area contributed by atoms with Crippen molar-refractivity contribution in [3.63, 3.8) is 0 Å². The Bertz CT molecular complexity index is 274. The molecule has 1 aromatic rings. The first kappa shape index (κ1) is 8.06. The van der Waals surface area contributed by atoms with E-state index in [0.717, 1.165) is 10.9 Å². The molecule has 0 aromatic heterocycles. The van der Waals surface area contributed by atoms with Crippen LogP contribution in [-0.4, -0.2) is 0 Å². The zero-order valence-corrected chi connectivity index (χ0v) is 7.09. The molecule has 0 radical (unpaired) electrons. The van der Waals surface area contributed by atoms with Crippen molar-refractivity contribution in [2.24, 2.45) is 5.11 Å². The van der Waals surface area contributed by atoms with E-state index in [9.17, 15) is 0 Å². The van der Waals surface area contributed by atoms with E-state index in [1.54, 1.807) is 0 Å². The molecule has 1 aromatic carbocycles. The van der Waals surface area contributed by atoms with Gasteiger partial charge in [0, 0.05) is 4.91 Å². The molecule has 1 unspecified atom stereocenters. The van der Waals surface area contributed by atoms with Crippen LogP contribution in [0.25, 0.3) is 10.4 Å². The first-order valence-corrected chi connectivity index (χ1v) is 3.76. The molecular weight excluding hydrogens is 157 g/mol. The third kappa shape index (κ3) is 2.58. The highest BCUT2D eigenvalue weighted by molar-refractivity contribution is 7.27. The molecule has 0 heterocycles. The van der Waals surface area contributed by atoms with Gasteiger partial charge in [-0.3, -0.25) is 0 Å². The predicted octanol–water partition coefficient (Wildman–Crippen LogP) is 2.00. The van der Waals surface area contributed by atoms with Gasteiger partial charge in [0.25, 0.3) is 0 Å². The molecule has 1 rings (SSSR count). The highest BCUT2D eigenvalue weighted by atomic mass is 31.0. The summed E-state index contributed by atoms with van der Waals surface area (Å²) >= 11 is 0. The second-order valence-corrected chi connectivity index (χ2v) is 2.80. The van der Waals surface area contributed by atoms with E-state index in [1.165, 1.54) is 0 Å². The molecule has 3 nitrogen and oxygen atoms in total. The molecule has 0 aliphatic rings. The van der Waals surface area contributed by atoms with Crippen molar-refractivity contribution < 1.29 is 0 Å². The first-order chi connectivity index (χ1) is 5.33. The molecule has 0 bridgehead atoms. The van der Waals surface area contributed by atoms with Gasteiger partial charge in [0.15, 0.2) is 0 Å². The summed E-state index contributed by atoms with van der Waals surface area (Å²) in [7, 11) is 2.60. The number of hydrogen-bond acceptors (Lipinski definition) is 1. The maximum atomic E-state index is 8.04. The summed E-state index contributed by atoms with van der Waals surface area (Å²) in [6, 6.07) is 7.81. The smallest absolute Gasteiger partial charge is 0.0510 e. The van der Waals surface area contributed by atoms with Gasteiger partial charge in [-0.1, -0.05) is 29.4 Å². The fraction of sp³-hybridized carbons (Fsp3) is 0.143. The summed E-state index contributed by atoms with van der Waals surface area (Å²) in [5.74, 6) is 0. The van der Waals surface area contributed by atoms with Crippen LogP contribution >= 0.6 is 9.24 Å². The van der Waals surface area contributed by atoms with Gasteiger partial charge in [0.1, 0.15) is 0 Å². The molecule has 0 spiro atoms. The van der Waals surface area contributed by atoms with Crippen molar-refractivity contribution >= 4 is 14.5 Å². The van der Waals surface area contributed by atoms with Crippen molar-refractivity contribution in [3.8, 4) is 0 Å². The average molecular weight is 165 g/mol. The van der Waals surface area contributed by atoms with E-state index in [4.69, 9.17) is 5.53 Å². The Morgan fingerprint density at radius 2 is 2.00 bits per heavy atom. The van der Waals surface area contributed by atoms with Crippen LogP contribution in [0.2, 0.25) is 0 Å². The number of hydrogen-bond donors (Lipinski definition) is 0. The maximum absolute atomic E-state index is 8.04. The van der Waals surface area contributed by atoms with Crippen LogP contribution < -0.4 is 5.30 Å². The third-order valence-corrected chi connectivity index (χ3v) is 1.68. The molecule has 0 aliphatic carbocycles. The second-order valence-electron chi connectivity index (χ2n) is 2.13. The van der Waals surface area contributed by atoms with Crippen molar-refractivity contribution in [3.05, 3.63) is 40.3 Å². The minimum absolute atomic E-state index is 0.432. The van der Waals surface area contributed by atoms with Gasteiger partial charge >= 0.3 is 0 Å². The van der Waals surface area contributed by atoms with Gasteiger partial charge in [-0.05, 0) is 16.4 Å². The number of nitrogens with zero attached hydrogens (tertiary/aromatic N) is 3. The van der Waals surface area contributed by atoms with Crippen LogP contribution in [-0.2, 0) is 6.54 Å². The van der Waals surface area contributed by atoms with E-state index in [0.29, 0.717) is 6.54 Å². The molecule has 0 aliphatic heterocycles. The number of benzene rings is 1. The summed E-state index contributed by atoms with van der Waals surface area (Å²) in [6.45, 7) is 0.432. The fourth-order valence-electron chi connectivity index (χ4n) is 0.736. The minimum Gasteiger partial charge on any atom is -0.106 e. The van der Waals surface area contributed by atoms with E-state index >= 15 is 0 Å². The Balaban J connectivity index is 2.73. The topological polar surface area (TPSA) is 48.8 Å². The molecule has 1 atom stereocenters. The van der Waals surface area contributed by atoms with E-state index in [1.807, 2.05) is 24.3 Å². The lowest BCUT2D eigenvalue weighted by Crippen LogP contribution is -1.89. The fourth-order valence-corrected chi connectivity index (χ4v) is 0.929. The van der Waals surface area contributed by atoms with E-state index in [-0.39, 0.29) is 0 Å². The van der Waals surface area contributed by atoms with Crippen molar-refractivity contribution in [1.29, 1.82) is 0 Å². The lowest BCUT2D eigenvalue weighted by molar-refractivity contribution is 1.05. The van der Waals surface area contributed by atoms with Gasteiger partial charge in [0.05, 0.1) is 6.54 Å². The van der Waals surface area contributed by atoms with Gasteiger partial charge in [-0.25, -0.2) is 0 Å². The average Bonchev–Trinajstić information content (AvgIpc) is 2.04. The molecule has 0 N–H and O–H groups in total. The Morgan fingerprint density at radius 3 is 2.55 bits per heavy atom. The van der Waals surface area contributed by atoms with Crippen LogP contribution in [0.1, 0.15) is 5.56 Å². The van der Waals surface area contributed by atoms with Crippen molar-refractivity contribution in [2.45, 2.75) is 6.54 Å². The SMILES string of the molecule is [N-]=[N+]=NCc1ccc(P)cc1. The second kappa shape index (κ2) is 3.97. The summed E-state index contributed by atoms with van der Waals surface area (Å²) in [5, 5.41) is 4.58. The molecule has 11 heavy (non-hydrogen) atoms. The molecule has 0 saturated heterocycles. The largest absolute Gasteiger partial charge is 0.106 e. The monoisotopic (exact) mass is 165 g/mol. The lowest BCUT2D eigenvalue weighted by Gasteiger charge is -1.94. The highest BCUT2D eigenvalue weighted by Gasteiger charge is 1.87.